The van der Waals surface area contributed by atoms with Crippen molar-refractivity contribution in [3.05, 3.63) is 108 Å². The van der Waals surface area contributed by atoms with Crippen LogP contribution in [-0.2, 0) is 6.54 Å². The summed E-state index contributed by atoms with van der Waals surface area (Å²) in [5.41, 5.74) is 4.54. The van der Waals surface area contributed by atoms with Gasteiger partial charge in [-0.2, -0.15) is 0 Å². The SMILES string of the molecule is c1ccc(CN2C[C@H](CC3CCC(c4ccccc4)CC3)[C@@H](c3ccccc3)C2)cc1. The highest BCUT2D eigenvalue weighted by Crippen LogP contribution is 2.43. The Labute approximate surface area is 188 Å². The summed E-state index contributed by atoms with van der Waals surface area (Å²) in [6, 6.07) is 33.5. The van der Waals surface area contributed by atoms with Gasteiger partial charge in [0.1, 0.15) is 0 Å². The van der Waals surface area contributed by atoms with Crippen molar-refractivity contribution in [3.63, 3.8) is 0 Å². The summed E-state index contributed by atoms with van der Waals surface area (Å²) in [4.78, 5) is 2.70. The molecule has 5 rings (SSSR count). The topological polar surface area (TPSA) is 3.24 Å². The maximum atomic E-state index is 2.70. The highest BCUT2D eigenvalue weighted by atomic mass is 15.2. The zero-order valence-corrected chi connectivity index (χ0v) is 18.6. The molecule has 0 radical (unpaired) electrons. The van der Waals surface area contributed by atoms with Crippen molar-refractivity contribution in [3.8, 4) is 0 Å². The van der Waals surface area contributed by atoms with Crippen LogP contribution in [0.5, 0.6) is 0 Å². The molecule has 1 heterocycles. The van der Waals surface area contributed by atoms with Crippen molar-refractivity contribution >= 4 is 0 Å². The Morgan fingerprint density at radius 3 is 1.84 bits per heavy atom. The van der Waals surface area contributed by atoms with Gasteiger partial charge in [0, 0.05) is 25.6 Å². The fraction of sp³-hybridized carbons (Fsp3) is 0.400. The van der Waals surface area contributed by atoms with Gasteiger partial charge in [0.25, 0.3) is 0 Å². The lowest BCUT2D eigenvalue weighted by Gasteiger charge is -2.31. The van der Waals surface area contributed by atoms with Gasteiger partial charge in [-0.15, -0.1) is 0 Å². The summed E-state index contributed by atoms with van der Waals surface area (Å²) in [6.07, 6.45) is 6.93. The van der Waals surface area contributed by atoms with Crippen molar-refractivity contribution in [2.75, 3.05) is 13.1 Å². The smallest absolute Gasteiger partial charge is 0.0234 e. The molecule has 1 heteroatoms. The molecule has 3 aromatic rings. The second-order valence-corrected chi connectivity index (χ2v) is 9.82. The fourth-order valence-electron chi connectivity index (χ4n) is 6.13. The molecule has 0 aromatic heterocycles. The third-order valence-corrected chi connectivity index (χ3v) is 7.75. The van der Waals surface area contributed by atoms with Gasteiger partial charge in [-0.25, -0.2) is 0 Å². The number of hydrogen-bond acceptors (Lipinski definition) is 1. The van der Waals surface area contributed by atoms with Gasteiger partial charge in [-0.3, -0.25) is 4.90 Å². The van der Waals surface area contributed by atoms with Crippen LogP contribution >= 0.6 is 0 Å². The first-order valence-corrected chi connectivity index (χ1v) is 12.2. The Balaban J connectivity index is 1.24. The maximum Gasteiger partial charge on any atom is 0.0234 e. The molecule has 1 aliphatic carbocycles. The average molecular weight is 410 g/mol. The quantitative estimate of drug-likeness (QED) is 0.414. The van der Waals surface area contributed by atoms with Gasteiger partial charge in [0.2, 0.25) is 0 Å². The molecule has 0 unspecified atom stereocenters. The largest absolute Gasteiger partial charge is 0.298 e. The molecule has 160 valence electrons. The van der Waals surface area contributed by atoms with E-state index < -0.39 is 0 Å². The van der Waals surface area contributed by atoms with Crippen LogP contribution in [0.2, 0.25) is 0 Å². The molecule has 0 amide bonds. The monoisotopic (exact) mass is 409 g/mol. The van der Waals surface area contributed by atoms with Crippen molar-refractivity contribution < 1.29 is 0 Å². The highest BCUT2D eigenvalue weighted by Gasteiger charge is 2.36. The number of hydrogen-bond donors (Lipinski definition) is 0. The second-order valence-electron chi connectivity index (χ2n) is 9.82. The van der Waals surface area contributed by atoms with E-state index in [4.69, 9.17) is 0 Å². The summed E-state index contributed by atoms with van der Waals surface area (Å²) in [7, 11) is 0. The lowest BCUT2D eigenvalue weighted by atomic mass is 9.73. The Morgan fingerprint density at radius 1 is 0.613 bits per heavy atom. The molecular weight excluding hydrogens is 374 g/mol. The second kappa shape index (κ2) is 9.83. The van der Waals surface area contributed by atoms with E-state index in [2.05, 4.69) is 95.9 Å². The molecule has 31 heavy (non-hydrogen) atoms. The molecule has 1 saturated carbocycles. The predicted octanol–water partition coefficient (Wildman–Crippen LogP) is 7.27. The van der Waals surface area contributed by atoms with Gasteiger partial charge < -0.3 is 0 Å². The number of nitrogens with zero attached hydrogens (tertiary/aromatic N) is 1. The van der Waals surface area contributed by atoms with E-state index in [9.17, 15) is 0 Å². The lowest BCUT2D eigenvalue weighted by molar-refractivity contribution is 0.253. The Bertz CT molecular complexity index is 912. The molecule has 0 N–H and O–H groups in total. The van der Waals surface area contributed by atoms with Crippen LogP contribution in [0.1, 0.15) is 60.6 Å². The minimum Gasteiger partial charge on any atom is -0.298 e. The van der Waals surface area contributed by atoms with E-state index in [1.807, 2.05) is 0 Å². The maximum absolute atomic E-state index is 2.70. The zero-order chi connectivity index (χ0) is 20.9. The first-order valence-electron chi connectivity index (χ1n) is 12.2. The molecular formula is C30H35N. The van der Waals surface area contributed by atoms with Gasteiger partial charge in [0.15, 0.2) is 0 Å². The van der Waals surface area contributed by atoms with Crippen LogP contribution in [0.4, 0.5) is 0 Å². The fourth-order valence-corrected chi connectivity index (χ4v) is 6.13. The van der Waals surface area contributed by atoms with Crippen molar-refractivity contribution in [1.29, 1.82) is 0 Å². The van der Waals surface area contributed by atoms with Gasteiger partial charge in [-0.05, 0) is 66.5 Å². The van der Waals surface area contributed by atoms with E-state index >= 15 is 0 Å². The normalized spacial score (nSPS) is 26.7. The van der Waals surface area contributed by atoms with E-state index in [1.54, 1.807) is 11.1 Å². The summed E-state index contributed by atoms with van der Waals surface area (Å²) < 4.78 is 0. The van der Waals surface area contributed by atoms with Crippen LogP contribution in [0.15, 0.2) is 91.0 Å². The molecule has 1 aliphatic heterocycles. The molecule has 2 atom stereocenters. The minimum absolute atomic E-state index is 0.678. The third kappa shape index (κ3) is 5.10. The van der Waals surface area contributed by atoms with Gasteiger partial charge in [0.05, 0.1) is 0 Å². The minimum atomic E-state index is 0.678. The lowest BCUT2D eigenvalue weighted by Crippen LogP contribution is -2.22. The average Bonchev–Trinajstić information content (AvgIpc) is 3.23. The van der Waals surface area contributed by atoms with Crippen molar-refractivity contribution in [2.24, 2.45) is 11.8 Å². The van der Waals surface area contributed by atoms with Crippen LogP contribution in [0, 0.1) is 11.8 Å². The molecule has 2 fully saturated rings. The van der Waals surface area contributed by atoms with Gasteiger partial charge in [-0.1, -0.05) is 91.0 Å². The summed E-state index contributed by atoms with van der Waals surface area (Å²) in [5, 5.41) is 0. The standard InChI is InChI=1S/C30H35N/c1-4-10-25(11-5-1)21-31-22-29(30(23-31)28-14-8-3-9-15-28)20-24-16-18-27(19-17-24)26-12-6-2-7-13-26/h1-15,24,27,29-30H,16-23H2/t24?,27?,29-,30+/m0/s1. The Hall–Kier alpha value is -2.38. The van der Waals surface area contributed by atoms with Crippen molar-refractivity contribution in [2.45, 2.75) is 50.5 Å². The third-order valence-electron chi connectivity index (χ3n) is 7.75. The molecule has 0 spiro atoms. The van der Waals surface area contributed by atoms with Crippen LogP contribution in [0.3, 0.4) is 0 Å². The van der Waals surface area contributed by atoms with Gasteiger partial charge >= 0.3 is 0 Å². The van der Waals surface area contributed by atoms with E-state index in [1.165, 1.54) is 50.8 Å². The Kier molecular flexibility index (Phi) is 6.51. The Morgan fingerprint density at radius 2 is 1.19 bits per heavy atom. The van der Waals surface area contributed by atoms with Crippen molar-refractivity contribution in [1.82, 2.24) is 4.90 Å². The van der Waals surface area contributed by atoms with E-state index in [0.717, 1.165) is 24.3 Å². The summed E-state index contributed by atoms with van der Waals surface area (Å²) in [6.45, 7) is 3.53. The molecule has 3 aromatic carbocycles. The zero-order valence-electron chi connectivity index (χ0n) is 18.6. The van der Waals surface area contributed by atoms with Crippen LogP contribution in [-0.4, -0.2) is 18.0 Å². The van der Waals surface area contributed by atoms with Crippen LogP contribution < -0.4 is 0 Å². The number of likely N-dealkylation sites (tertiary alicyclic amines) is 1. The summed E-state index contributed by atoms with van der Waals surface area (Å²) >= 11 is 0. The number of benzene rings is 3. The summed E-state index contributed by atoms with van der Waals surface area (Å²) in [5.74, 6) is 3.13. The first-order chi connectivity index (χ1) is 15.3. The predicted molar refractivity (Wildman–Crippen MR) is 130 cm³/mol. The first kappa shape index (κ1) is 20.5. The molecule has 1 saturated heterocycles. The van der Waals surface area contributed by atoms with Crippen LogP contribution in [0.25, 0.3) is 0 Å². The number of rotatable bonds is 6. The molecule has 0 bridgehead atoms. The van der Waals surface area contributed by atoms with E-state index in [0.29, 0.717) is 5.92 Å². The molecule has 2 aliphatic rings. The highest BCUT2D eigenvalue weighted by molar-refractivity contribution is 5.24. The van der Waals surface area contributed by atoms with E-state index in [-0.39, 0.29) is 0 Å². The molecule has 1 nitrogen and oxygen atoms in total.